The number of aryl methyl sites for hydroxylation is 1. The van der Waals surface area contributed by atoms with Crippen molar-refractivity contribution in [3.8, 4) is 0 Å². The van der Waals surface area contributed by atoms with E-state index < -0.39 is 11.8 Å². The Kier molecular flexibility index (Phi) is 5.78. The molecule has 0 saturated carbocycles. The van der Waals surface area contributed by atoms with Gasteiger partial charge < -0.3 is 10.6 Å². The predicted octanol–water partition coefficient (Wildman–Crippen LogP) is 1.51. The van der Waals surface area contributed by atoms with Gasteiger partial charge in [-0.2, -0.15) is 0 Å². The summed E-state index contributed by atoms with van der Waals surface area (Å²) in [5.41, 5.74) is 1.43. The Balaban J connectivity index is 1.81. The standard InChI is InChI=1S/C14H14BrN3O4S/c1-8-6-9(2-3-10(8)15)17-13(21)12(20)16-4-5-18-11(19)7-23-14(18)22/h2-3,6H,4-5,7H2,1H3,(H,16,20)(H,17,21). The van der Waals surface area contributed by atoms with Gasteiger partial charge in [0, 0.05) is 23.2 Å². The molecular formula is C14H14BrN3O4S. The molecular weight excluding hydrogens is 386 g/mol. The van der Waals surface area contributed by atoms with Crippen LogP contribution in [0.1, 0.15) is 5.56 Å². The molecule has 23 heavy (non-hydrogen) atoms. The number of halogens is 1. The summed E-state index contributed by atoms with van der Waals surface area (Å²) in [7, 11) is 0. The minimum absolute atomic E-state index is 0.0314. The van der Waals surface area contributed by atoms with Gasteiger partial charge in [0.1, 0.15) is 0 Å². The van der Waals surface area contributed by atoms with Gasteiger partial charge in [0.15, 0.2) is 0 Å². The van der Waals surface area contributed by atoms with Crippen LogP contribution in [0, 0.1) is 6.92 Å². The summed E-state index contributed by atoms with van der Waals surface area (Å²) in [6.07, 6.45) is 0. The molecule has 1 heterocycles. The number of thioether (sulfide) groups is 1. The van der Waals surface area contributed by atoms with Crippen molar-refractivity contribution in [2.75, 3.05) is 24.2 Å². The molecule has 0 atom stereocenters. The Morgan fingerprint density at radius 1 is 1.30 bits per heavy atom. The zero-order valence-corrected chi connectivity index (χ0v) is 14.6. The summed E-state index contributed by atoms with van der Waals surface area (Å²) >= 11 is 4.27. The molecule has 1 saturated heterocycles. The topological polar surface area (TPSA) is 95.6 Å². The van der Waals surface area contributed by atoms with Crippen molar-refractivity contribution in [3.05, 3.63) is 28.2 Å². The van der Waals surface area contributed by atoms with Gasteiger partial charge in [-0.15, -0.1) is 0 Å². The van der Waals surface area contributed by atoms with E-state index in [0.717, 1.165) is 26.7 Å². The lowest BCUT2D eigenvalue weighted by atomic mass is 10.2. The van der Waals surface area contributed by atoms with E-state index in [1.54, 1.807) is 18.2 Å². The lowest BCUT2D eigenvalue weighted by molar-refractivity contribution is -0.136. The average molecular weight is 400 g/mol. The van der Waals surface area contributed by atoms with Crippen molar-refractivity contribution < 1.29 is 19.2 Å². The first-order valence-corrected chi connectivity index (χ1v) is 8.49. The quantitative estimate of drug-likeness (QED) is 0.748. The summed E-state index contributed by atoms with van der Waals surface area (Å²) in [5, 5.41) is 4.53. The van der Waals surface area contributed by atoms with Gasteiger partial charge in [0.05, 0.1) is 5.75 Å². The molecule has 1 aromatic rings. The maximum absolute atomic E-state index is 11.8. The van der Waals surface area contributed by atoms with Crippen molar-refractivity contribution in [1.29, 1.82) is 0 Å². The number of hydrogen-bond donors (Lipinski definition) is 2. The van der Waals surface area contributed by atoms with Crippen molar-refractivity contribution in [2.45, 2.75) is 6.92 Å². The summed E-state index contributed by atoms with van der Waals surface area (Å²) in [6.45, 7) is 1.95. The van der Waals surface area contributed by atoms with Gasteiger partial charge in [0.2, 0.25) is 5.91 Å². The van der Waals surface area contributed by atoms with Crippen LogP contribution in [0.3, 0.4) is 0 Å². The van der Waals surface area contributed by atoms with Crippen LogP contribution in [-0.4, -0.2) is 46.7 Å². The van der Waals surface area contributed by atoms with Gasteiger partial charge >= 0.3 is 11.8 Å². The lowest BCUT2D eigenvalue weighted by Gasteiger charge is -2.13. The van der Waals surface area contributed by atoms with Crippen LogP contribution in [-0.2, 0) is 14.4 Å². The Labute approximate surface area is 145 Å². The van der Waals surface area contributed by atoms with E-state index in [0.29, 0.717) is 5.69 Å². The number of amides is 4. The van der Waals surface area contributed by atoms with E-state index in [4.69, 9.17) is 0 Å². The number of carbonyl (C=O) groups is 4. The molecule has 1 aliphatic rings. The molecule has 4 amide bonds. The van der Waals surface area contributed by atoms with E-state index in [9.17, 15) is 19.2 Å². The van der Waals surface area contributed by atoms with Crippen molar-refractivity contribution >= 4 is 56.3 Å². The molecule has 0 radical (unpaired) electrons. The first kappa shape index (κ1) is 17.5. The highest BCUT2D eigenvalue weighted by molar-refractivity contribution is 9.10. The molecule has 1 aromatic carbocycles. The normalized spacial score (nSPS) is 14.1. The molecule has 1 aliphatic heterocycles. The maximum atomic E-state index is 11.8. The SMILES string of the molecule is Cc1cc(NC(=O)C(=O)NCCN2C(=O)CSC2=O)ccc1Br. The molecule has 0 spiro atoms. The van der Waals surface area contributed by atoms with Gasteiger partial charge in [-0.25, -0.2) is 0 Å². The number of hydrogen-bond acceptors (Lipinski definition) is 5. The summed E-state index contributed by atoms with van der Waals surface area (Å²) < 4.78 is 0.901. The van der Waals surface area contributed by atoms with Crippen LogP contribution in [0.2, 0.25) is 0 Å². The third kappa shape index (κ3) is 4.55. The third-order valence-electron chi connectivity index (χ3n) is 3.08. The molecule has 0 aliphatic carbocycles. The van der Waals surface area contributed by atoms with Gasteiger partial charge in [0.25, 0.3) is 5.24 Å². The number of benzene rings is 1. The largest absolute Gasteiger partial charge is 0.346 e. The highest BCUT2D eigenvalue weighted by Gasteiger charge is 2.29. The second kappa shape index (κ2) is 7.60. The molecule has 0 unspecified atom stereocenters. The minimum Gasteiger partial charge on any atom is -0.346 e. The highest BCUT2D eigenvalue weighted by atomic mass is 79.9. The highest BCUT2D eigenvalue weighted by Crippen LogP contribution is 2.20. The molecule has 2 rings (SSSR count). The fraction of sp³-hybridized carbons (Fsp3) is 0.286. The van der Waals surface area contributed by atoms with E-state index in [1.807, 2.05) is 6.92 Å². The van der Waals surface area contributed by atoms with Crippen LogP contribution in [0.4, 0.5) is 10.5 Å². The summed E-state index contributed by atoms with van der Waals surface area (Å²) in [5.74, 6) is -1.79. The molecule has 7 nitrogen and oxygen atoms in total. The van der Waals surface area contributed by atoms with Crippen LogP contribution < -0.4 is 10.6 Å². The van der Waals surface area contributed by atoms with Crippen molar-refractivity contribution in [1.82, 2.24) is 10.2 Å². The number of anilines is 1. The third-order valence-corrected chi connectivity index (χ3v) is 4.83. The van der Waals surface area contributed by atoms with Crippen LogP contribution in [0.25, 0.3) is 0 Å². The van der Waals surface area contributed by atoms with Gasteiger partial charge in [-0.1, -0.05) is 27.7 Å². The second-order valence-electron chi connectivity index (χ2n) is 4.77. The summed E-state index contributed by atoms with van der Waals surface area (Å²) in [6, 6.07) is 5.17. The Bertz CT molecular complexity index is 664. The number of rotatable bonds is 4. The molecule has 2 N–H and O–H groups in total. The Morgan fingerprint density at radius 2 is 2.04 bits per heavy atom. The number of imide groups is 1. The van der Waals surface area contributed by atoms with E-state index in [-0.39, 0.29) is 30.0 Å². The predicted molar refractivity (Wildman–Crippen MR) is 90.1 cm³/mol. The monoisotopic (exact) mass is 399 g/mol. The molecule has 0 aromatic heterocycles. The fourth-order valence-electron chi connectivity index (χ4n) is 1.87. The molecule has 1 fully saturated rings. The Morgan fingerprint density at radius 3 is 2.65 bits per heavy atom. The smallest absolute Gasteiger partial charge is 0.313 e. The van der Waals surface area contributed by atoms with Crippen LogP contribution >= 0.6 is 27.7 Å². The fourth-order valence-corrected chi connectivity index (χ4v) is 2.87. The van der Waals surface area contributed by atoms with Gasteiger partial charge in [-0.05, 0) is 30.7 Å². The van der Waals surface area contributed by atoms with Crippen molar-refractivity contribution in [3.63, 3.8) is 0 Å². The number of nitrogens with one attached hydrogen (secondary N) is 2. The molecule has 122 valence electrons. The van der Waals surface area contributed by atoms with E-state index in [1.165, 1.54) is 0 Å². The molecule has 0 bridgehead atoms. The number of nitrogens with zero attached hydrogens (tertiary/aromatic N) is 1. The minimum atomic E-state index is -0.822. The maximum Gasteiger partial charge on any atom is 0.313 e. The first-order chi connectivity index (χ1) is 10.9. The molecule has 9 heteroatoms. The van der Waals surface area contributed by atoms with E-state index in [2.05, 4.69) is 26.6 Å². The lowest BCUT2D eigenvalue weighted by Crippen LogP contribution is -2.41. The Hall–Kier alpha value is -1.87. The average Bonchev–Trinajstić information content (AvgIpc) is 2.82. The second-order valence-corrected chi connectivity index (χ2v) is 6.55. The zero-order valence-electron chi connectivity index (χ0n) is 12.2. The van der Waals surface area contributed by atoms with E-state index >= 15 is 0 Å². The zero-order chi connectivity index (χ0) is 17.0. The first-order valence-electron chi connectivity index (χ1n) is 6.71. The van der Waals surface area contributed by atoms with Gasteiger partial charge in [-0.3, -0.25) is 24.1 Å². The number of carbonyl (C=O) groups excluding carboxylic acids is 4. The van der Waals surface area contributed by atoms with Crippen LogP contribution in [0.5, 0.6) is 0 Å². The van der Waals surface area contributed by atoms with Crippen LogP contribution in [0.15, 0.2) is 22.7 Å². The summed E-state index contributed by atoms with van der Waals surface area (Å²) in [4.78, 5) is 47.3. The van der Waals surface area contributed by atoms with Crippen molar-refractivity contribution in [2.24, 2.45) is 0 Å².